The Morgan fingerprint density at radius 1 is 1.09 bits per heavy atom. The van der Waals surface area contributed by atoms with E-state index < -0.39 is 40.8 Å². The Morgan fingerprint density at radius 3 is 2.62 bits per heavy atom. The van der Waals surface area contributed by atoms with Crippen molar-refractivity contribution >= 4 is 23.1 Å². The Hall–Kier alpha value is -4.07. The molecule has 0 spiro atoms. The van der Waals surface area contributed by atoms with Crippen LogP contribution in [-0.4, -0.2) is 28.4 Å². The number of aromatic nitrogens is 1. The van der Waals surface area contributed by atoms with Crippen molar-refractivity contribution in [3.63, 3.8) is 0 Å². The molecule has 2 aromatic carbocycles. The van der Waals surface area contributed by atoms with Gasteiger partial charge in [0.05, 0.1) is 23.6 Å². The number of hydrogen-bond donors (Lipinski definition) is 1. The Bertz CT molecular complexity index is 1230. The first-order valence-corrected chi connectivity index (χ1v) is 9.82. The number of ketones is 1. The first-order valence-electron chi connectivity index (χ1n) is 9.82. The van der Waals surface area contributed by atoms with Crippen molar-refractivity contribution in [2.24, 2.45) is 0 Å². The summed E-state index contributed by atoms with van der Waals surface area (Å²) in [5.74, 6) is -3.84. The quantitative estimate of drug-likeness (QED) is 0.365. The number of benzene rings is 2. The number of ether oxygens (including phenoxy) is 1. The Balaban J connectivity index is 1.94. The molecule has 1 aromatic heterocycles. The summed E-state index contributed by atoms with van der Waals surface area (Å²) in [6.45, 7) is 2.19. The summed E-state index contributed by atoms with van der Waals surface area (Å²) >= 11 is 0. The van der Waals surface area contributed by atoms with Gasteiger partial charge in [-0.05, 0) is 43.3 Å². The topological polar surface area (TPSA) is 79.7 Å². The maximum atomic E-state index is 14.6. The Labute approximate surface area is 182 Å². The fraction of sp³-hybridized carbons (Fsp3) is 0.125. The van der Waals surface area contributed by atoms with E-state index in [9.17, 15) is 23.5 Å². The van der Waals surface area contributed by atoms with Gasteiger partial charge in [0.25, 0.3) is 11.7 Å². The van der Waals surface area contributed by atoms with Crippen molar-refractivity contribution in [2.45, 2.75) is 13.0 Å². The van der Waals surface area contributed by atoms with Crippen LogP contribution in [0.4, 0.5) is 14.5 Å². The van der Waals surface area contributed by atoms with Crippen molar-refractivity contribution in [3.8, 4) is 5.75 Å². The van der Waals surface area contributed by atoms with Gasteiger partial charge >= 0.3 is 0 Å². The van der Waals surface area contributed by atoms with Crippen molar-refractivity contribution in [3.05, 3.63) is 95.3 Å². The number of hydrogen-bond acceptors (Lipinski definition) is 5. The fourth-order valence-corrected chi connectivity index (χ4v) is 3.62. The standard InChI is InChI=1S/C24H18F2N2O4/c1-2-32-16-7-5-6-14(12-16)22(29)20-21(18-8-3-4-11-27-18)28(24(31)23(20)30)19-13-15(25)9-10-17(19)26/h3-13,21,29H,2H2,1H3/b22-20+. The summed E-state index contributed by atoms with van der Waals surface area (Å²) in [4.78, 5) is 31.0. The zero-order valence-electron chi connectivity index (χ0n) is 17.0. The summed E-state index contributed by atoms with van der Waals surface area (Å²) in [5, 5.41) is 11.1. The average Bonchev–Trinajstić information content (AvgIpc) is 3.06. The van der Waals surface area contributed by atoms with Gasteiger partial charge in [-0.25, -0.2) is 8.78 Å². The van der Waals surface area contributed by atoms with Crippen LogP contribution in [0, 0.1) is 11.6 Å². The van der Waals surface area contributed by atoms with Crippen molar-refractivity contribution in [1.29, 1.82) is 0 Å². The lowest BCUT2D eigenvalue weighted by Gasteiger charge is -2.25. The number of amides is 1. The van der Waals surface area contributed by atoms with Gasteiger partial charge in [-0.1, -0.05) is 18.2 Å². The predicted octanol–water partition coefficient (Wildman–Crippen LogP) is 4.38. The van der Waals surface area contributed by atoms with Gasteiger partial charge < -0.3 is 9.84 Å². The van der Waals surface area contributed by atoms with Crippen LogP contribution in [0.5, 0.6) is 5.75 Å². The van der Waals surface area contributed by atoms with Gasteiger partial charge in [-0.2, -0.15) is 0 Å². The number of aliphatic hydroxyl groups is 1. The van der Waals surface area contributed by atoms with Gasteiger partial charge in [0.1, 0.15) is 29.2 Å². The third-order valence-electron chi connectivity index (χ3n) is 5.00. The highest BCUT2D eigenvalue weighted by molar-refractivity contribution is 6.51. The number of anilines is 1. The summed E-state index contributed by atoms with van der Waals surface area (Å²) in [6, 6.07) is 12.5. The highest BCUT2D eigenvalue weighted by Crippen LogP contribution is 2.42. The number of pyridine rings is 1. The van der Waals surface area contributed by atoms with E-state index in [4.69, 9.17) is 4.74 Å². The van der Waals surface area contributed by atoms with Crippen molar-refractivity contribution in [2.75, 3.05) is 11.5 Å². The average molecular weight is 436 g/mol. The largest absolute Gasteiger partial charge is 0.507 e. The molecule has 0 bridgehead atoms. The molecule has 3 aromatic rings. The Morgan fingerprint density at radius 2 is 1.91 bits per heavy atom. The molecule has 0 aliphatic carbocycles. The summed E-state index contributed by atoms with van der Waals surface area (Å²) < 4.78 is 34.0. The maximum Gasteiger partial charge on any atom is 0.300 e. The van der Waals surface area contributed by atoms with E-state index in [1.807, 2.05) is 0 Å². The first-order chi connectivity index (χ1) is 15.4. The number of nitrogens with zero attached hydrogens (tertiary/aromatic N) is 2. The number of Topliss-reactive ketones (excluding diaryl/α,β-unsaturated/α-hetero) is 1. The molecule has 6 nitrogen and oxygen atoms in total. The third-order valence-corrected chi connectivity index (χ3v) is 5.00. The van der Waals surface area contributed by atoms with Crippen LogP contribution in [0.25, 0.3) is 5.76 Å². The molecule has 0 radical (unpaired) electrons. The molecule has 1 aliphatic heterocycles. The monoisotopic (exact) mass is 436 g/mol. The van der Waals surface area contributed by atoms with Crippen molar-refractivity contribution < 1.29 is 28.2 Å². The molecular weight excluding hydrogens is 418 g/mol. The smallest absolute Gasteiger partial charge is 0.300 e. The summed E-state index contributed by atoms with van der Waals surface area (Å²) in [7, 11) is 0. The van der Waals surface area contributed by atoms with Crippen LogP contribution in [0.3, 0.4) is 0 Å². The summed E-state index contributed by atoms with van der Waals surface area (Å²) in [5.41, 5.74) is -0.275. The molecule has 1 atom stereocenters. The molecule has 1 aliphatic rings. The predicted molar refractivity (Wildman–Crippen MR) is 113 cm³/mol. The van der Waals surface area contributed by atoms with E-state index in [1.54, 1.807) is 37.3 Å². The zero-order chi connectivity index (χ0) is 22.8. The molecule has 1 N–H and O–H groups in total. The molecule has 32 heavy (non-hydrogen) atoms. The van der Waals surface area contributed by atoms with Crippen molar-refractivity contribution in [1.82, 2.24) is 4.98 Å². The van der Waals surface area contributed by atoms with Gasteiger partial charge in [0, 0.05) is 17.8 Å². The van der Waals surface area contributed by atoms with E-state index in [1.165, 1.54) is 18.3 Å². The minimum atomic E-state index is -1.26. The van der Waals surface area contributed by atoms with Crippen LogP contribution >= 0.6 is 0 Å². The lowest BCUT2D eigenvalue weighted by molar-refractivity contribution is -0.132. The highest BCUT2D eigenvalue weighted by atomic mass is 19.1. The van der Waals surface area contributed by atoms with Gasteiger partial charge in [-0.3, -0.25) is 19.5 Å². The lowest BCUT2D eigenvalue weighted by Crippen LogP contribution is -2.30. The first kappa shape index (κ1) is 21.2. The lowest BCUT2D eigenvalue weighted by atomic mass is 9.98. The molecule has 2 heterocycles. The molecule has 8 heteroatoms. The highest BCUT2D eigenvalue weighted by Gasteiger charge is 2.48. The molecule has 4 rings (SSSR count). The second kappa shape index (κ2) is 8.58. The van der Waals surface area contributed by atoms with E-state index in [0.29, 0.717) is 12.4 Å². The van der Waals surface area contributed by atoms with Crippen LogP contribution in [-0.2, 0) is 9.59 Å². The zero-order valence-corrected chi connectivity index (χ0v) is 17.0. The van der Waals surface area contributed by atoms with Crippen LogP contribution in [0.15, 0.2) is 72.4 Å². The van der Waals surface area contributed by atoms with Crippen LogP contribution in [0.1, 0.15) is 24.2 Å². The molecular formula is C24H18F2N2O4. The minimum Gasteiger partial charge on any atom is -0.507 e. The molecule has 0 saturated carbocycles. The normalized spacial score (nSPS) is 17.6. The SMILES string of the molecule is CCOc1cccc(/C(O)=C2\C(=O)C(=O)N(c3cc(F)ccc3F)C2c2ccccn2)c1. The number of carbonyl (C=O) groups is 2. The molecule has 1 fully saturated rings. The van der Waals surface area contributed by atoms with Gasteiger partial charge in [0.15, 0.2) is 0 Å². The van der Waals surface area contributed by atoms with E-state index in [2.05, 4.69) is 4.98 Å². The minimum absolute atomic E-state index is 0.206. The number of halogens is 2. The third kappa shape index (κ3) is 3.71. The van der Waals surface area contributed by atoms with Gasteiger partial charge in [0.2, 0.25) is 0 Å². The second-order valence-electron chi connectivity index (χ2n) is 6.98. The number of carbonyl (C=O) groups excluding carboxylic acids is 2. The van der Waals surface area contributed by atoms with Gasteiger partial charge in [-0.15, -0.1) is 0 Å². The molecule has 162 valence electrons. The second-order valence-corrected chi connectivity index (χ2v) is 6.98. The fourth-order valence-electron chi connectivity index (χ4n) is 3.62. The Kier molecular flexibility index (Phi) is 5.68. The summed E-state index contributed by atoms with van der Waals surface area (Å²) in [6.07, 6.45) is 1.44. The van der Waals surface area contributed by atoms with E-state index in [-0.39, 0.29) is 16.8 Å². The van der Waals surface area contributed by atoms with Crippen LogP contribution < -0.4 is 9.64 Å². The molecule has 1 saturated heterocycles. The maximum absolute atomic E-state index is 14.6. The van der Waals surface area contributed by atoms with E-state index in [0.717, 1.165) is 23.1 Å². The van der Waals surface area contributed by atoms with E-state index >= 15 is 0 Å². The van der Waals surface area contributed by atoms with Crippen LogP contribution in [0.2, 0.25) is 0 Å². The number of aliphatic hydroxyl groups excluding tert-OH is 1. The molecule has 1 unspecified atom stereocenters. The number of rotatable bonds is 5. The molecule has 1 amide bonds.